The summed E-state index contributed by atoms with van der Waals surface area (Å²) in [4.78, 5) is 0. The van der Waals surface area contributed by atoms with Crippen molar-refractivity contribution in [1.82, 2.24) is 0 Å². The molecule has 0 nitrogen and oxygen atoms in total. The zero-order valence-electron chi connectivity index (χ0n) is 5.02. The molecular weight excluding hydrogens is 322 g/mol. The van der Waals surface area contributed by atoms with Crippen LogP contribution in [0.2, 0.25) is 0 Å². The second-order valence-corrected chi connectivity index (χ2v) is 4.48. The van der Waals surface area contributed by atoms with Crippen LogP contribution in [0.3, 0.4) is 0 Å². The molecule has 0 amide bonds. The van der Waals surface area contributed by atoms with E-state index in [1.807, 2.05) is 0 Å². The summed E-state index contributed by atoms with van der Waals surface area (Å²) in [5.41, 5.74) is 0. The summed E-state index contributed by atoms with van der Waals surface area (Å²) in [6.07, 6.45) is 0. The van der Waals surface area contributed by atoms with Gasteiger partial charge in [-0.1, -0.05) is 0 Å². The Morgan fingerprint density at radius 3 is 0.833 bits per heavy atom. The standard InChI is InChI=1S/C4Br2F6/c5-1(7)2(6,8)4(11,12)3(1,9)10. The Hall–Kier alpha value is 0.540. The van der Waals surface area contributed by atoms with Crippen molar-refractivity contribution < 1.29 is 26.3 Å². The van der Waals surface area contributed by atoms with E-state index in [2.05, 4.69) is 0 Å². The maximum absolute atomic E-state index is 12.5. The summed E-state index contributed by atoms with van der Waals surface area (Å²) in [6.45, 7) is 0. The molecule has 0 spiro atoms. The van der Waals surface area contributed by atoms with Crippen LogP contribution in [-0.2, 0) is 0 Å². The molecule has 0 radical (unpaired) electrons. The minimum atomic E-state index is -5.06. The van der Waals surface area contributed by atoms with Gasteiger partial charge in [0.05, 0.1) is 0 Å². The van der Waals surface area contributed by atoms with Crippen LogP contribution < -0.4 is 0 Å². The lowest BCUT2D eigenvalue weighted by Crippen LogP contribution is -2.81. The molecular formula is C4Br2F6. The summed E-state index contributed by atoms with van der Waals surface area (Å²) >= 11 is 3.13. The normalized spacial score (nSPS) is 50.0. The van der Waals surface area contributed by atoms with E-state index in [-0.39, 0.29) is 0 Å². The first-order valence-electron chi connectivity index (χ1n) is 2.51. The summed E-state index contributed by atoms with van der Waals surface area (Å²) in [6, 6.07) is 0. The molecule has 8 heteroatoms. The van der Waals surface area contributed by atoms with Crippen molar-refractivity contribution in [3.05, 3.63) is 0 Å². The fourth-order valence-electron chi connectivity index (χ4n) is 0.726. The third kappa shape index (κ3) is 0.718. The van der Waals surface area contributed by atoms with Gasteiger partial charge < -0.3 is 0 Å². The lowest BCUT2D eigenvalue weighted by atomic mass is 9.84. The van der Waals surface area contributed by atoms with Crippen LogP contribution in [0, 0.1) is 0 Å². The van der Waals surface area contributed by atoms with Crippen molar-refractivity contribution in [2.24, 2.45) is 0 Å². The lowest BCUT2D eigenvalue weighted by Gasteiger charge is -2.52. The van der Waals surface area contributed by atoms with Crippen LogP contribution in [0.4, 0.5) is 26.3 Å². The SMILES string of the molecule is FC1(F)C(F)(F)C(F)(Br)C1(F)Br. The fraction of sp³-hybridized carbons (Fsp3) is 1.00. The number of hydrogen-bond acceptors (Lipinski definition) is 0. The highest BCUT2D eigenvalue weighted by Crippen LogP contribution is 2.72. The molecule has 2 atom stereocenters. The van der Waals surface area contributed by atoms with Crippen LogP contribution in [-0.4, -0.2) is 21.0 Å². The Morgan fingerprint density at radius 2 is 0.750 bits per heavy atom. The van der Waals surface area contributed by atoms with Crippen molar-refractivity contribution in [3.63, 3.8) is 0 Å². The van der Waals surface area contributed by atoms with Crippen molar-refractivity contribution in [2.75, 3.05) is 0 Å². The van der Waals surface area contributed by atoms with Crippen LogP contribution >= 0.6 is 31.9 Å². The van der Waals surface area contributed by atoms with Gasteiger partial charge in [0.15, 0.2) is 0 Å². The van der Waals surface area contributed by atoms with E-state index >= 15 is 0 Å². The fourth-order valence-corrected chi connectivity index (χ4v) is 1.72. The smallest absolute Gasteiger partial charge is 0.219 e. The summed E-state index contributed by atoms with van der Waals surface area (Å²) in [5, 5.41) is 0. The summed E-state index contributed by atoms with van der Waals surface area (Å²) in [7, 11) is 0. The Balaban J connectivity index is 3.16. The quantitative estimate of drug-likeness (QED) is 0.474. The lowest BCUT2D eigenvalue weighted by molar-refractivity contribution is -0.373. The van der Waals surface area contributed by atoms with Gasteiger partial charge in [-0.3, -0.25) is 0 Å². The number of halogens is 8. The van der Waals surface area contributed by atoms with E-state index in [0.717, 1.165) is 0 Å². The topological polar surface area (TPSA) is 0 Å². The highest BCUT2D eigenvalue weighted by molar-refractivity contribution is 9.13. The van der Waals surface area contributed by atoms with Gasteiger partial charge in [0, 0.05) is 0 Å². The average molecular weight is 322 g/mol. The maximum atomic E-state index is 12.5. The highest BCUT2D eigenvalue weighted by atomic mass is 79.9. The minimum Gasteiger partial charge on any atom is -0.219 e. The molecule has 2 unspecified atom stereocenters. The molecule has 1 aliphatic rings. The van der Waals surface area contributed by atoms with Gasteiger partial charge in [0.2, 0.25) is 0 Å². The van der Waals surface area contributed by atoms with Crippen molar-refractivity contribution >= 4 is 31.9 Å². The Kier molecular flexibility index (Phi) is 1.88. The van der Waals surface area contributed by atoms with E-state index in [1.165, 1.54) is 0 Å². The monoisotopic (exact) mass is 320 g/mol. The predicted octanol–water partition coefficient (Wildman–Crippen LogP) is 3.39. The molecule has 1 rings (SSSR count). The number of alkyl halides is 8. The Morgan fingerprint density at radius 1 is 0.583 bits per heavy atom. The molecule has 1 fully saturated rings. The van der Waals surface area contributed by atoms with Gasteiger partial charge in [-0.05, 0) is 31.9 Å². The third-order valence-corrected chi connectivity index (χ3v) is 4.20. The molecule has 1 saturated carbocycles. The molecule has 0 bridgehead atoms. The molecule has 0 aromatic carbocycles. The largest absolute Gasteiger partial charge is 0.362 e. The average Bonchev–Trinajstić information content (AvgIpc) is 1.84. The van der Waals surface area contributed by atoms with Crippen molar-refractivity contribution in [1.29, 1.82) is 0 Å². The van der Waals surface area contributed by atoms with Crippen molar-refractivity contribution in [2.45, 2.75) is 21.0 Å². The molecule has 0 aromatic rings. The van der Waals surface area contributed by atoms with Gasteiger partial charge in [0.1, 0.15) is 0 Å². The van der Waals surface area contributed by atoms with Crippen LogP contribution in [0.25, 0.3) is 0 Å². The second kappa shape index (κ2) is 2.13. The van der Waals surface area contributed by atoms with Crippen LogP contribution in [0.15, 0.2) is 0 Å². The first kappa shape index (κ1) is 10.6. The maximum Gasteiger partial charge on any atom is 0.362 e. The molecule has 0 saturated heterocycles. The van der Waals surface area contributed by atoms with E-state index in [9.17, 15) is 26.3 Å². The van der Waals surface area contributed by atoms with Crippen LogP contribution in [0.5, 0.6) is 0 Å². The molecule has 12 heavy (non-hydrogen) atoms. The van der Waals surface area contributed by atoms with E-state index < -0.39 is 21.0 Å². The van der Waals surface area contributed by atoms with Gasteiger partial charge in [-0.15, -0.1) is 0 Å². The Labute approximate surface area is 79.6 Å². The van der Waals surface area contributed by atoms with E-state index in [0.29, 0.717) is 0 Å². The predicted molar refractivity (Wildman–Crippen MR) is 35.4 cm³/mol. The zero-order chi connectivity index (χ0) is 10.0. The zero-order valence-corrected chi connectivity index (χ0v) is 8.20. The second-order valence-electron chi connectivity index (χ2n) is 2.30. The first-order valence-corrected chi connectivity index (χ1v) is 4.10. The Bertz CT molecular complexity index is 158. The molecule has 72 valence electrons. The molecule has 1 aliphatic carbocycles. The molecule has 0 aliphatic heterocycles. The highest BCUT2D eigenvalue weighted by Gasteiger charge is 2.97. The molecule has 0 N–H and O–H groups in total. The molecule has 0 aromatic heterocycles. The van der Waals surface area contributed by atoms with Gasteiger partial charge >= 0.3 is 11.8 Å². The van der Waals surface area contributed by atoms with Gasteiger partial charge in [-0.2, -0.15) is 17.6 Å². The summed E-state index contributed by atoms with van der Waals surface area (Å²) < 4.78 is 65.5. The molecule has 0 heterocycles. The van der Waals surface area contributed by atoms with Gasteiger partial charge in [0.25, 0.3) is 9.16 Å². The van der Waals surface area contributed by atoms with E-state index in [4.69, 9.17) is 0 Å². The van der Waals surface area contributed by atoms with Gasteiger partial charge in [-0.25, -0.2) is 8.78 Å². The third-order valence-electron chi connectivity index (χ3n) is 1.58. The minimum absolute atomic E-state index is 1.56. The summed E-state index contributed by atoms with van der Waals surface area (Å²) in [5.74, 6) is -10.1. The number of rotatable bonds is 0. The number of hydrogen-bond donors (Lipinski definition) is 0. The van der Waals surface area contributed by atoms with Crippen LogP contribution in [0.1, 0.15) is 0 Å². The van der Waals surface area contributed by atoms with E-state index in [1.54, 1.807) is 31.9 Å². The first-order chi connectivity index (χ1) is 5.00. The van der Waals surface area contributed by atoms with Crippen molar-refractivity contribution in [3.8, 4) is 0 Å².